The van der Waals surface area contributed by atoms with Crippen LogP contribution in [0.4, 0.5) is 4.79 Å². The minimum atomic E-state index is -0.251. The molecule has 2 unspecified atom stereocenters. The highest BCUT2D eigenvalue weighted by Gasteiger charge is 2.40. The molecule has 0 saturated carbocycles. The fourth-order valence-corrected chi connectivity index (χ4v) is 7.59. The van der Waals surface area contributed by atoms with E-state index in [4.69, 9.17) is 9.72 Å². The fraction of sp³-hybridized carbons (Fsp3) is 0.171. The van der Waals surface area contributed by atoms with Gasteiger partial charge in [0.05, 0.1) is 40.0 Å². The number of aryl methyl sites for hydroxylation is 1. The summed E-state index contributed by atoms with van der Waals surface area (Å²) in [4.78, 5) is 38.2. The first-order valence-corrected chi connectivity index (χ1v) is 16.7. The van der Waals surface area contributed by atoms with E-state index in [1.165, 1.54) is 5.57 Å². The van der Waals surface area contributed by atoms with Gasteiger partial charge in [0.1, 0.15) is 6.61 Å². The lowest BCUT2D eigenvalue weighted by atomic mass is 9.95. The number of para-hydroxylation sites is 1. The number of hydrogen-bond acceptors (Lipinski definition) is 5. The molecule has 1 fully saturated rings. The second-order valence-corrected chi connectivity index (χ2v) is 13.0. The third-order valence-corrected chi connectivity index (χ3v) is 10.1. The molecular weight excluding hydrogens is 610 g/mol. The van der Waals surface area contributed by atoms with E-state index in [0.717, 1.165) is 80.0 Å². The minimum Gasteiger partial charge on any atom is -0.445 e. The Hall–Kier alpha value is -6.02. The number of pyridine rings is 2. The van der Waals surface area contributed by atoms with Crippen LogP contribution in [0, 0.1) is 0 Å². The predicted octanol–water partition coefficient (Wildman–Crippen LogP) is 8.05. The lowest BCUT2D eigenvalue weighted by Gasteiger charge is -2.33. The van der Waals surface area contributed by atoms with Gasteiger partial charge < -0.3 is 4.74 Å². The molecule has 1 amide bonds. The van der Waals surface area contributed by atoms with Crippen LogP contribution >= 0.6 is 0 Å². The monoisotopic (exact) mass is 643 g/mol. The fourth-order valence-electron chi connectivity index (χ4n) is 7.59. The number of rotatable bonds is 5. The smallest absolute Gasteiger partial charge is 0.410 e. The lowest BCUT2D eigenvalue weighted by molar-refractivity contribution is 0.0832. The zero-order chi connectivity index (χ0) is 33.1. The number of imidazole rings is 1. The maximum atomic E-state index is 13.8. The standard InChI is InChI=1S/C41H33N5O3/c1-44-38-24-43-37-18-13-28(31-19-29-9-5-6-10-36(29)42-23-31)22-35(37)39(38)46(40(44)47)32-14-11-27(12-15-32)30-20-33-16-17-34(21-30)45(33)41(48)49-25-26-7-3-2-4-8-26/h2-15,18-20,22-24,33-34H,16-17,21,25H2,1H3. The minimum absolute atomic E-state index is 0.0169. The molecule has 0 N–H and O–H groups in total. The summed E-state index contributed by atoms with van der Waals surface area (Å²) in [6.45, 7) is 0.272. The summed E-state index contributed by atoms with van der Waals surface area (Å²) < 4.78 is 9.14. The first-order chi connectivity index (χ1) is 24.0. The van der Waals surface area contributed by atoms with Crippen molar-refractivity contribution in [1.29, 1.82) is 0 Å². The molecule has 2 aliphatic heterocycles. The normalized spacial score (nSPS) is 17.2. The summed E-state index contributed by atoms with van der Waals surface area (Å²) in [6.07, 6.45) is 8.29. The van der Waals surface area contributed by atoms with Crippen LogP contribution < -0.4 is 5.69 Å². The summed E-state index contributed by atoms with van der Waals surface area (Å²) in [5.74, 6) is 0. The number of aromatic nitrogens is 4. The summed E-state index contributed by atoms with van der Waals surface area (Å²) in [5.41, 5.74) is 9.32. The van der Waals surface area contributed by atoms with Crippen LogP contribution in [0.15, 0.2) is 126 Å². The molecule has 2 atom stereocenters. The van der Waals surface area contributed by atoms with Crippen LogP contribution in [0.3, 0.4) is 0 Å². The van der Waals surface area contributed by atoms with E-state index >= 15 is 0 Å². The van der Waals surface area contributed by atoms with E-state index in [1.54, 1.807) is 22.4 Å². The molecule has 0 radical (unpaired) electrons. The Morgan fingerprint density at radius 3 is 2.43 bits per heavy atom. The van der Waals surface area contributed by atoms with Crippen molar-refractivity contribution in [2.24, 2.45) is 7.05 Å². The van der Waals surface area contributed by atoms with E-state index in [-0.39, 0.29) is 30.5 Å². The summed E-state index contributed by atoms with van der Waals surface area (Å²) >= 11 is 0. The molecule has 3 aromatic heterocycles. The van der Waals surface area contributed by atoms with Crippen LogP contribution in [-0.2, 0) is 18.4 Å². The van der Waals surface area contributed by atoms with Gasteiger partial charge >= 0.3 is 11.8 Å². The second-order valence-electron chi connectivity index (χ2n) is 13.0. The second kappa shape index (κ2) is 11.6. The van der Waals surface area contributed by atoms with E-state index in [9.17, 15) is 9.59 Å². The number of hydrogen-bond donors (Lipinski definition) is 0. The average molecular weight is 644 g/mol. The zero-order valence-electron chi connectivity index (χ0n) is 27.0. The first kappa shape index (κ1) is 29.1. The highest BCUT2D eigenvalue weighted by Crippen LogP contribution is 2.39. The molecule has 8 heteroatoms. The van der Waals surface area contributed by atoms with Crippen molar-refractivity contribution in [3.63, 3.8) is 0 Å². The van der Waals surface area contributed by atoms with Gasteiger partial charge in [-0.25, -0.2) is 9.59 Å². The van der Waals surface area contributed by atoms with E-state index < -0.39 is 0 Å². The average Bonchev–Trinajstić information content (AvgIpc) is 3.57. The van der Waals surface area contributed by atoms with Gasteiger partial charge in [0.15, 0.2) is 0 Å². The van der Waals surface area contributed by atoms with Gasteiger partial charge in [0.2, 0.25) is 0 Å². The van der Waals surface area contributed by atoms with E-state index in [1.807, 2.05) is 77.8 Å². The van der Waals surface area contributed by atoms with Crippen LogP contribution in [0.25, 0.3) is 55.2 Å². The van der Waals surface area contributed by atoms with Crippen LogP contribution in [-0.4, -0.2) is 42.2 Å². The van der Waals surface area contributed by atoms with Crippen molar-refractivity contribution in [2.45, 2.75) is 38.0 Å². The Morgan fingerprint density at radius 2 is 1.59 bits per heavy atom. The van der Waals surface area contributed by atoms with Gasteiger partial charge in [-0.15, -0.1) is 0 Å². The molecule has 4 aromatic carbocycles. The molecule has 2 bridgehead atoms. The number of carbonyl (C=O) groups is 1. The Kier molecular flexibility index (Phi) is 6.90. The molecule has 9 rings (SSSR count). The third kappa shape index (κ3) is 4.99. The van der Waals surface area contributed by atoms with Gasteiger partial charge in [-0.3, -0.25) is 24.0 Å². The van der Waals surface area contributed by atoms with Crippen molar-refractivity contribution in [1.82, 2.24) is 24.0 Å². The van der Waals surface area contributed by atoms with Gasteiger partial charge in [-0.1, -0.05) is 72.8 Å². The maximum Gasteiger partial charge on any atom is 0.410 e. The molecule has 0 aliphatic carbocycles. The molecule has 240 valence electrons. The van der Waals surface area contributed by atoms with Gasteiger partial charge in [0, 0.05) is 35.6 Å². The molecule has 7 aromatic rings. The van der Waals surface area contributed by atoms with Crippen molar-refractivity contribution < 1.29 is 9.53 Å². The summed E-state index contributed by atoms with van der Waals surface area (Å²) in [6, 6.07) is 34.5. The number of benzene rings is 4. The Labute approximate surface area is 282 Å². The molecular formula is C41H33N5O3. The van der Waals surface area contributed by atoms with Gasteiger partial charge in [-0.05, 0) is 77.9 Å². The number of amides is 1. The predicted molar refractivity (Wildman–Crippen MR) is 192 cm³/mol. The highest BCUT2D eigenvalue weighted by atomic mass is 16.6. The number of carbonyl (C=O) groups excluding carboxylic acids is 1. The first-order valence-electron chi connectivity index (χ1n) is 16.7. The van der Waals surface area contributed by atoms with Crippen molar-refractivity contribution in [2.75, 3.05) is 0 Å². The van der Waals surface area contributed by atoms with Gasteiger partial charge in [0.25, 0.3) is 0 Å². The molecule has 0 spiro atoms. The SMILES string of the molecule is Cn1c(=O)n(-c2ccc(C3=CC4CCC(C3)N4C(=O)OCc3ccccc3)cc2)c2c3cc(-c4cnc5ccccc5c4)ccc3ncc21. The Bertz CT molecular complexity index is 2500. The largest absolute Gasteiger partial charge is 0.445 e. The van der Waals surface area contributed by atoms with Crippen LogP contribution in [0.5, 0.6) is 0 Å². The molecule has 49 heavy (non-hydrogen) atoms. The lowest BCUT2D eigenvalue weighted by Crippen LogP contribution is -2.43. The van der Waals surface area contributed by atoms with E-state index in [2.05, 4.69) is 47.5 Å². The van der Waals surface area contributed by atoms with Crippen molar-refractivity contribution in [3.05, 3.63) is 143 Å². The molecule has 2 aliphatic rings. The quantitative estimate of drug-likeness (QED) is 0.190. The molecule has 1 saturated heterocycles. The number of nitrogens with zero attached hydrogens (tertiary/aromatic N) is 5. The molecule has 5 heterocycles. The zero-order valence-corrected chi connectivity index (χ0v) is 27.0. The van der Waals surface area contributed by atoms with E-state index in [0.29, 0.717) is 0 Å². The summed E-state index contributed by atoms with van der Waals surface area (Å²) in [5, 5.41) is 1.97. The Morgan fingerprint density at radius 1 is 0.816 bits per heavy atom. The highest BCUT2D eigenvalue weighted by molar-refractivity contribution is 6.05. The van der Waals surface area contributed by atoms with Crippen LogP contribution in [0.1, 0.15) is 30.4 Å². The number of ether oxygens (including phenoxy) is 1. The Balaban J connectivity index is 1.04. The van der Waals surface area contributed by atoms with Crippen LogP contribution in [0.2, 0.25) is 0 Å². The third-order valence-electron chi connectivity index (χ3n) is 10.1. The van der Waals surface area contributed by atoms with Crippen molar-refractivity contribution >= 4 is 44.5 Å². The summed E-state index contributed by atoms with van der Waals surface area (Å²) in [7, 11) is 1.79. The van der Waals surface area contributed by atoms with Gasteiger partial charge in [-0.2, -0.15) is 0 Å². The molecule has 8 nitrogen and oxygen atoms in total. The van der Waals surface area contributed by atoms with Crippen molar-refractivity contribution in [3.8, 4) is 16.8 Å². The topological polar surface area (TPSA) is 82.2 Å². The maximum absolute atomic E-state index is 13.8. The number of fused-ring (bicyclic) bond motifs is 6.